The van der Waals surface area contributed by atoms with E-state index in [2.05, 4.69) is 31.5 Å². The Morgan fingerprint density at radius 2 is 2.03 bits per heavy atom. The molecule has 0 saturated heterocycles. The van der Waals surface area contributed by atoms with Crippen LogP contribution in [0.2, 0.25) is 0 Å². The smallest absolute Gasteiger partial charge is 0.271 e. The van der Waals surface area contributed by atoms with Gasteiger partial charge in [-0.1, -0.05) is 30.3 Å². The van der Waals surface area contributed by atoms with Gasteiger partial charge in [-0.2, -0.15) is 0 Å². The van der Waals surface area contributed by atoms with Gasteiger partial charge in [0.2, 0.25) is 0 Å². The number of rotatable bonds is 9. The van der Waals surface area contributed by atoms with E-state index in [0.717, 1.165) is 23.1 Å². The molecule has 34 heavy (non-hydrogen) atoms. The number of carbonyl (C=O) groups is 1. The number of fused-ring (bicyclic) bond motifs is 1. The SMILES string of the molecule is CCNC(=O)c1c(NCC(N)(N)Cc2ccccc2)nc(Br)n1Cc1cc(O)c2c(c1)CCO2. The van der Waals surface area contributed by atoms with Crippen LogP contribution in [0.1, 0.15) is 34.1 Å². The fourth-order valence-electron chi connectivity index (χ4n) is 4.08. The Bertz CT molecular complexity index is 1180. The maximum absolute atomic E-state index is 13.0. The molecular weight excluding hydrogens is 500 g/mol. The molecule has 180 valence electrons. The standard InChI is InChI=1S/C24H29BrN6O3/c1-2-28-22(33)19-21(29-14-24(26,27)12-15-6-4-3-5-7-15)30-23(25)31(19)13-16-10-17-8-9-34-20(17)18(32)11-16/h3-7,10-11,29,32H,2,8-9,12-14,26-27H2,1H3,(H,28,33). The molecule has 3 aromatic rings. The van der Waals surface area contributed by atoms with Gasteiger partial charge in [0.15, 0.2) is 27.7 Å². The van der Waals surface area contributed by atoms with Crippen LogP contribution in [0, 0.1) is 0 Å². The average molecular weight is 529 g/mol. The lowest BCUT2D eigenvalue weighted by Crippen LogP contribution is -2.56. The molecule has 0 atom stereocenters. The summed E-state index contributed by atoms with van der Waals surface area (Å²) in [6.07, 6.45) is 1.18. The summed E-state index contributed by atoms with van der Waals surface area (Å²) in [7, 11) is 0. The number of amides is 1. The van der Waals surface area contributed by atoms with Crippen molar-refractivity contribution in [1.29, 1.82) is 0 Å². The molecule has 0 bridgehead atoms. The first-order valence-electron chi connectivity index (χ1n) is 11.1. The molecule has 1 aromatic heterocycles. The average Bonchev–Trinajstić information content (AvgIpc) is 3.38. The van der Waals surface area contributed by atoms with Crippen molar-refractivity contribution in [3.05, 3.63) is 69.6 Å². The van der Waals surface area contributed by atoms with Crippen molar-refractivity contribution in [2.45, 2.75) is 32.0 Å². The summed E-state index contributed by atoms with van der Waals surface area (Å²) in [5, 5.41) is 16.4. The van der Waals surface area contributed by atoms with Crippen molar-refractivity contribution in [3.63, 3.8) is 0 Å². The number of aromatic nitrogens is 2. The van der Waals surface area contributed by atoms with Gasteiger partial charge in [-0.15, -0.1) is 0 Å². The van der Waals surface area contributed by atoms with E-state index in [9.17, 15) is 9.90 Å². The lowest BCUT2D eigenvalue weighted by atomic mass is 10.0. The summed E-state index contributed by atoms with van der Waals surface area (Å²) in [5.41, 5.74) is 14.8. The number of hydrogen-bond donors (Lipinski definition) is 5. The first-order chi connectivity index (χ1) is 16.3. The van der Waals surface area contributed by atoms with Crippen LogP contribution in [0.4, 0.5) is 5.82 Å². The number of halogens is 1. The van der Waals surface area contributed by atoms with Gasteiger partial charge >= 0.3 is 0 Å². The van der Waals surface area contributed by atoms with Crippen molar-refractivity contribution in [2.24, 2.45) is 11.5 Å². The molecule has 2 heterocycles. The summed E-state index contributed by atoms with van der Waals surface area (Å²) in [5.74, 6) is 0.719. The van der Waals surface area contributed by atoms with E-state index in [-0.39, 0.29) is 18.2 Å². The quantitative estimate of drug-likeness (QED) is 0.268. The minimum absolute atomic E-state index is 0.0936. The number of nitrogens with one attached hydrogen (secondary N) is 2. The predicted molar refractivity (Wildman–Crippen MR) is 134 cm³/mol. The van der Waals surface area contributed by atoms with E-state index in [4.69, 9.17) is 16.2 Å². The van der Waals surface area contributed by atoms with Crippen LogP contribution in [-0.2, 0) is 19.4 Å². The molecule has 9 nitrogen and oxygen atoms in total. The van der Waals surface area contributed by atoms with Crippen molar-refractivity contribution in [3.8, 4) is 11.5 Å². The number of phenolic OH excluding ortho intramolecular Hbond substituents is 1. The Hall–Kier alpha value is -3.08. The number of imidazole rings is 1. The van der Waals surface area contributed by atoms with E-state index in [1.54, 1.807) is 10.6 Å². The second-order valence-corrected chi connectivity index (χ2v) is 9.18. The largest absolute Gasteiger partial charge is 0.504 e. The highest BCUT2D eigenvalue weighted by molar-refractivity contribution is 9.10. The summed E-state index contributed by atoms with van der Waals surface area (Å²) in [6.45, 7) is 3.38. The first kappa shape index (κ1) is 24.1. The highest BCUT2D eigenvalue weighted by Gasteiger charge is 2.26. The Balaban J connectivity index is 1.59. The zero-order valence-electron chi connectivity index (χ0n) is 19.0. The normalized spacial score (nSPS) is 12.8. The number of nitrogens with two attached hydrogens (primary N) is 2. The van der Waals surface area contributed by atoms with Crippen LogP contribution in [0.5, 0.6) is 11.5 Å². The van der Waals surface area contributed by atoms with E-state index >= 15 is 0 Å². The Labute approximate surface area is 206 Å². The van der Waals surface area contributed by atoms with Crippen LogP contribution in [-0.4, -0.2) is 45.9 Å². The first-order valence-corrected chi connectivity index (χ1v) is 11.9. The number of aromatic hydroxyl groups is 1. The zero-order valence-corrected chi connectivity index (χ0v) is 20.6. The number of carbonyl (C=O) groups excluding carboxylic acids is 1. The van der Waals surface area contributed by atoms with Crippen LogP contribution < -0.4 is 26.8 Å². The third-order valence-electron chi connectivity index (χ3n) is 5.60. The van der Waals surface area contributed by atoms with Crippen LogP contribution >= 0.6 is 15.9 Å². The number of phenols is 1. The molecule has 1 aliphatic rings. The lowest BCUT2D eigenvalue weighted by Gasteiger charge is -2.25. The van der Waals surface area contributed by atoms with Gasteiger partial charge in [-0.05, 0) is 46.1 Å². The summed E-state index contributed by atoms with van der Waals surface area (Å²) in [6, 6.07) is 13.4. The molecule has 1 aliphatic heterocycles. The number of ether oxygens (including phenoxy) is 1. The topological polar surface area (TPSA) is 140 Å². The monoisotopic (exact) mass is 528 g/mol. The fourth-order valence-corrected chi connectivity index (χ4v) is 4.56. The van der Waals surface area contributed by atoms with E-state index in [0.29, 0.717) is 48.1 Å². The molecular formula is C24H29BrN6O3. The Morgan fingerprint density at radius 3 is 2.76 bits per heavy atom. The maximum atomic E-state index is 13.0. The molecule has 0 aliphatic carbocycles. The van der Waals surface area contributed by atoms with Crippen molar-refractivity contribution >= 4 is 27.7 Å². The van der Waals surface area contributed by atoms with E-state index in [1.165, 1.54) is 0 Å². The predicted octanol–water partition coefficient (Wildman–Crippen LogP) is 2.35. The van der Waals surface area contributed by atoms with Gasteiger partial charge in [0.05, 0.1) is 18.8 Å². The zero-order chi connectivity index (χ0) is 24.3. The molecule has 1 amide bonds. The molecule has 0 radical (unpaired) electrons. The van der Waals surface area contributed by atoms with Crippen molar-refractivity contribution in [1.82, 2.24) is 14.9 Å². The van der Waals surface area contributed by atoms with Crippen molar-refractivity contribution in [2.75, 3.05) is 25.0 Å². The molecule has 2 aromatic carbocycles. The number of benzene rings is 2. The van der Waals surface area contributed by atoms with Gasteiger partial charge in [0.25, 0.3) is 5.91 Å². The van der Waals surface area contributed by atoms with Crippen LogP contribution in [0.25, 0.3) is 0 Å². The molecule has 0 fully saturated rings. The number of nitrogens with zero attached hydrogens (tertiary/aromatic N) is 2. The molecule has 0 unspecified atom stereocenters. The van der Waals surface area contributed by atoms with Gasteiger partial charge in [-0.25, -0.2) is 4.98 Å². The second kappa shape index (κ2) is 10.0. The fraction of sp³-hybridized carbons (Fsp3) is 0.333. The van der Waals surface area contributed by atoms with Gasteiger partial charge < -0.3 is 36.5 Å². The molecule has 4 rings (SSSR count). The number of hydrogen-bond acceptors (Lipinski definition) is 7. The maximum Gasteiger partial charge on any atom is 0.271 e. The third kappa shape index (κ3) is 5.35. The van der Waals surface area contributed by atoms with Gasteiger partial charge in [0, 0.05) is 31.5 Å². The Kier molecular flexibility index (Phi) is 7.11. The van der Waals surface area contributed by atoms with Gasteiger partial charge in [-0.3, -0.25) is 4.79 Å². The summed E-state index contributed by atoms with van der Waals surface area (Å²) >= 11 is 3.48. The highest BCUT2D eigenvalue weighted by Crippen LogP contribution is 2.36. The molecule has 0 saturated carbocycles. The van der Waals surface area contributed by atoms with Gasteiger partial charge in [0.1, 0.15) is 0 Å². The third-order valence-corrected chi connectivity index (χ3v) is 6.20. The van der Waals surface area contributed by atoms with E-state index in [1.807, 2.05) is 43.3 Å². The Morgan fingerprint density at radius 1 is 1.26 bits per heavy atom. The second-order valence-electron chi connectivity index (χ2n) is 8.47. The minimum atomic E-state index is -1.05. The van der Waals surface area contributed by atoms with E-state index < -0.39 is 5.66 Å². The van der Waals surface area contributed by atoms with Crippen molar-refractivity contribution < 1.29 is 14.6 Å². The summed E-state index contributed by atoms with van der Waals surface area (Å²) < 4.78 is 7.70. The summed E-state index contributed by atoms with van der Waals surface area (Å²) in [4.78, 5) is 17.5. The minimum Gasteiger partial charge on any atom is -0.504 e. The molecule has 7 N–H and O–H groups in total. The lowest BCUT2D eigenvalue weighted by molar-refractivity contribution is 0.0947. The van der Waals surface area contributed by atoms with Crippen LogP contribution in [0.3, 0.4) is 0 Å². The van der Waals surface area contributed by atoms with Crippen LogP contribution in [0.15, 0.2) is 47.2 Å². The molecule has 0 spiro atoms. The highest BCUT2D eigenvalue weighted by atomic mass is 79.9. The molecule has 10 heteroatoms. The number of anilines is 1.